The molecule has 1 rings (SSSR count). The molecule has 0 aromatic heterocycles. The summed E-state index contributed by atoms with van der Waals surface area (Å²) < 4.78 is 10.4. The first-order valence-electron chi connectivity index (χ1n) is 6.57. The molecule has 0 bridgehead atoms. The Hall–Kier alpha value is -1.39. The molecule has 0 atom stereocenters. The Morgan fingerprint density at radius 2 is 1.84 bits per heavy atom. The fourth-order valence-electron chi connectivity index (χ4n) is 1.84. The van der Waals surface area contributed by atoms with Crippen molar-refractivity contribution in [2.24, 2.45) is 0 Å². The van der Waals surface area contributed by atoms with Crippen molar-refractivity contribution in [1.82, 2.24) is 0 Å². The van der Waals surface area contributed by atoms with Gasteiger partial charge in [0.05, 0.1) is 12.2 Å². The number of rotatable bonds is 8. The first-order valence-corrected chi connectivity index (χ1v) is 6.57. The first-order chi connectivity index (χ1) is 9.09. The maximum absolute atomic E-state index is 12.4. The van der Waals surface area contributed by atoms with Gasteiger partial charge in [0.25, 0.3) is 0 Å². The lowest BCUT2D eigenvalue weighted by Crippen LogP contribution is -2.37. The molecule has 1 aromatic carbocycles. The van der Waals surface area contributed by atoms with E-state index in [1.54, 1.807) is 45.2 Å². The summed E-state index contributed by atoms with van der Waals surface area (Å²) in [6.45, 7) is 4.43. The van der Waals surface area contributed by atoms with E-state index in [0.717, 1.165) is 0 Å². The summed E-state index contributed by atoms with van der Waals surface area (Å²) >= 11 is 0. The molecule has 0 unspecified atom stereocenters. The fourth-order valence-corrected chi connectivity index (χ4v) is 1.84. The monoisotopic (exact) mass is 266 g/mol. The molecule has 106 valence electrons. The number of ether oxygens (including phenoxy) is 2. The van der Waals surface area contributed by atoms with E-state index in [-0.39, 0.29) is 5.78 Å². The van der Waals surface area contributed by atoms with Crippen LogP contribution in [0.15, 0.2) is 24.3 Å². The van der Waals surface area contributed by atoms with Crippen molar-refractivity contribution < 1.29 is 19.4 Å². The molecule has 0 saturated carbocycles. The van der Waals surface area contributed by atoms with Gasteiger partial charge in [-0.25, -0.2) is 0 Å². The molecule has 1 N–H and O–H groups in total. The smallest absolute Gasteiger partial charge is 0.198 e. The minimum absolute atomic E-state index is 0.287. The summed E-state index contributed by atoms with van der Waals surface area (Å²) in [6, 6.07) is 6.98. The molecule has 0 aliphatic heterocycles. The number of aliphatic hydroxyl groups is 1. The maximum Gasteiger partial charge on any atom is 0.198 e. The Kier molecular flexibility index (Phi) is 5.99. The van der Waals surface area contributed by atoms with Gasteiger partial charge in [-0.2, -0.15) is 0 Å². The zero-order valence-corrected chi connectivity index (χ0v) is 11.8. The number of hydrogen-bond acceptors (Lipinski definition) is 4. The lowest BCUT2D eigenvalue weighted by molar-refractivity contribution is 0.0273. The third-order valence-electron chi connectivity index (χ3n) is 3.27. The van der Waals surface area contributed by atoms with Crippen molar-refractivity contribution in [2.45, 2.75) is 32.3 Å². The van der Waals surface area contributed by atoms with Crippen molar-refractivity contribution >= 4 is 5.78 Å². The average Bonchev–Trinajstić information content (AvgIpc) is 2.46. The minimum atomic E-state index is -1.32. The second-order valence-corrected chi connectivity index (χ2v) is 4.41. The van der Waals surface area contributed by atoms with Crippen molar-refractivity contribution in [2.75, 3.05) is 20.3 Å². The van der Waals surface area contributed by atoms with Gasteiger partial charge in [0, 0.05) is 7.11 Å². The Morgan fingerprint density at radius 3 is 2.42 bits per heavy atom. The molecular weight excluding hydrogens is 244 g/mol. The van der Waals surface area contributed by atoms with Crippen LogP contribution in [0.3, 0.4) is 0 Å². The van der Waals surface area contributed by atoms with E-state index in [4.69, 9.17) is 9.47 Å². The summed E-state index contributed by atoms with van der Waals surface area (Å²) in [5.41, 5.74) is -0.898. The van der Waals surface area contributed by atoms with E-state index in [2.05, 4.69) is 0 Å². The number of carbonyl (C=O) groups is 1. The highest BCUT2D eigenvalue weighted by Gasteiger charge is 2.34. The molecule has 4 nitrogen and oxygen atoms in total. The summed E-state index contributed by atoms with van der Waals surface area (Å²) in [4.78, 5) is 12.4. The van der Waals surface area contributed by atoms with Crippen molar-refractivity contribution in [3.05, 3.63) is 29.8 Å². The number of para-hydroxylation sites is 1. The molecule has 19 heavy (non-hydrogen) atoms. The van der Waals surface area contributed by atoms with Crippen molar-refractivity contribution in [3.63, 3.8) is 0 Å². The molecule has 0 radical (unpaired) electrons. The van der Waals surface area contributed by atoms with Crippen molar-refractivity contribution in [1.29, 1.82) is 0 Å². The van der Waals surface area contributed by atoms with Gasteiger partial charge in [-0.3, -0.25) is 4.79 Å². The van der Waals surface area contributed by atoms with Crippen LogP contribution < -0.4 is 4.74 Å². The average molecular weight is 266 g/mol. The number of methoxy groups -OCH3 is 1. The van der Waals surface area contributed by atoms with Gasteiger partial charge in [0.15, 0.2) is 5.78 Å². The van der Waals surface area contributed by atoms with Crippen LogP contribution in [0, 0.1) is 0 Å². The van der Waals surface area contributed by atoms with Gasteiger partial charge in [-0.15, -0.1) is 0 Å². The van der Waals surface area contributed by atoms with Gasteiger partial charge in [0.1, 0.15) is 18.0 Å². The largest absolute Gasteiger partial charge is 0.490 e. The summed E-state index contributed by atoms with van der Waals surface area (Å²) in [7, 11) is 1.59. The number of benzene rings is 1. The Bertz CT molecular complexity index is 410. The van der Waals surface area contributed by atoms with Crippen LogP contribution in [0.5, 0.6) is 5.75 Å². The predicted molar refractivity (Wildman–Crippen MR) is 73.7 cm³/mol. The number of Topliss-reactive ketones (excluding diaryl/α,β-unsaturated/α-hetero) is 1. The topological polar surface area (TPSA) is 55.8 Å². The van der Waals surface area contributed by atoms with Gasteiger partial charge >= 0.3 is 0 Å². The highest BCUT2D eigenvalue weighted by molar-refractivity contribution is 6.04. The molecule has 0 saturated heterocycles. The summed E-state index contributed by atoms with van der Waals surface area (Å²) in [5, 5.41) is 10.3. The van der Waals surface area contributed by atoms with Crippen LogP contribution in [0.25, 0.3) is 0 Å². The SMILES string of the molecule is CCC(O)(CC)C(=O)c1ccccc1OCCOC. The second kappa shape index (κ2) is 7.26. The van der Waals surface area contributed by atoms with Gasteiger partial charge < -0.3 is 14.6 Å². The molecule has 0 aliphatic rings. The van der Waals surface area contributed by atoms with E-state index in [1.807, 2.05) is 0 Å². The minimum Gasteiger partial charge on any atom is -0.490 e. The normalized spacial score (nSPS) is 11.4. The Morgan fingerprint density at radius 1 is 1.21 bits per heavy atom. The molecule has 0 heterocycles. The lowest BCUT2D eigenvalue weighted by Gasteiger charge is -2.24. The third-order valence-corrected chi connectivity index (χ3v) is 3.27. The van der Waals surface area contributed by atoms with Crippen LogP contribution in [-0.2, 0) is 4.74 Å². The van der Waals surface area contributed by atoms with Crippen LogP contribution in [0.2, 0.25) is 0 Å². The highest BCUT2D eigenvalue weighted by atomic mass is 16.5. The summed E-state index contributed by atoms with van der Waals surface area (Å²) in [6.07, 6.45) is 0.767. The predicted octanol–water partition coefficient (Wildman–Crippen LogP) is 2.45. The lowest BCUT2D eigenvalue weighted by atomic mass is 9.88. The van der Waals surface area contributed by atoms with E-state index in [1.165, 1.54) is 0 Å². The zero-order valence-electron chi connectivity index (χ0n) is 11.8. The molecule has 0 aliphatic carbocycles. The first kappa shape index (κ1) is 15.7. The quantitative estimate of drug-likeness (QED) is 0.580. The van der Waals surface area contributed by atoms with Gasteiger partial charge in [-0.1, -0.05) is 26.0 Å². The second-order valence-electron chi connectivity index (χ2n) is 4.41. The Balaban J connectivity index is 2.96. The number of carbonyl (C=O) groups excluding carboxylic acids is 1. The number of ketones is 1. The van der Waals surface area contributed by atoms with Crippen molar-refractivity contribution in [3.8, 4) is 5.75 Å². The van der Waals surface area contributed by atoms with Crippen LogP contribution in [-0.4, -0.2) is 36.8 Å². The highest BCUT2D eigenvalue weighted by Crippen LogP contribution is 2.27. The molecule has 0 spiro atoms. The van der Waals surface area contributed by atoms with E-state index in [0.29, 0.717) is 37.4 Å². The van der Waals surface area contributed by atoms with Gasteiger partial charge in [-0.05, 0) is 25.0 Å². The molecule has 0 amide bonds. The third kappa shape index (κ3) is 3.78. The van der Waals surface area contributed by atoms with Gasteiger partial charge in [0.2, 0.25) is 0 Å². The van der Waals surface area contributed by atoms with E-state index < -0.39 is 5.60 Å². The molecular formula is C15H22O4. The number of hydrogen-bond donors (Lipinski definition) is 1. The van der Waals surface area contributed by atoms with Crippen LogP contribution >= 0.6 is 0 Å². The van der Waals surface area contributed by atoms with E-state index >= 15 is 0 Å². The molecule has 4 heteroatoms. The fraction of sp³-hybridized carbons (Fsp3) is 0.533. The maximum atomic E-state index is 12.4. The molecule has 0 fully saturated rings. The summed E-state index contributed by atoms with van der Waals surface area (Å²) in [5.74, 6) is 0.204. The van der Waals surface area contributed by atoms with E-state index in [9.17, 15) is 9.90 Å². The zero-order chi connectivity index (χ0) is 14.3. The molecule has 1 aromatic rings. The Labute approximate surface area is 114 Å². The standard InChI is InChI=1S/C15H22O4/c1-4-15(17,5-2)14(16)12-8-6-7-9-13(12)19-11-10-18-3/h6-9,17H,4-5,10-11H2,1-3H3. The van der Waals surface area contributed by atoms with Crippen LogP contribution in [0.1, 0.15) is 37.0 Å². The van der Waals surface area contributed by atoms with Crippen LogP contribution in [0.4, 0.5) is 0 Å².